The quantitative estimate of drug-likeness (QED) is 0.908. The van der Waals surface area contributed by atoms with Crippen molar-refractivity contribution in [2.24, 2.45) is 0 Å². The normalized spacial score (nSPS) is 13.0. The highest BCUT2D eigenvalue weighted by Gasteiger charge is 2.33. The number of aromatic nitrogens is 3. The third-order valence-electron chi connectivity index (χ3n) is 2.67. The molecule has 2 aromatic heterocycles. The molecule has 2 rings (SSSR count). The van der Waals surface area contributed by atoms with Crippen LogP contribution in [0.15, 0.2) is 30.6 Å². The summed E-state index contributed by atoms with van der Waals surface area (Å²) in [5.74, 6) is -0.680. The van der Waals surface area contributed by atoms with Crippen molar-refractivity contribution in [2.75, 3.05) is 0 Å². The minimum absolute atomic E-state index is 0.307. The van der Waals surface area contributed by atoms with Gasteiger partial charge in [0.05, 0.1) is 6.04 Å². The van der Waals surface area contributed by atoms with Gasteiger partial charge in [-0.1, -0.05) is 0 Å². The summed E-state index contributed by atoms with van der Waals surface area (Å²) in [5, 5.41) is 7.71. The zero-order valence-electron chi connectivity index (χ0n) is 10.4. The summed E-state index contributed by atoms with van der Waals surface area (Å²) in [5.41, 5.74) is -0.572. The van der Waals surface area contributed by atoms with Crippen LogP contribution in [0.4, 0.5) is 13.2 Å². The molecule has 1 amide bonds. The van der Waals surface area contributed by atoms with E-state index in [9.17, 15) is 18.0 Å². The fraction of sp³-hybridized carbons (Fsp3) is 0.250. The molecular formula is C12H11F3N4O. The highest BCUT2D eigenvalue weighted by molar-refractivity contribution is 5.92. The maximum atomic E-state index is 12.4. The minimum Gasteiger partial charge on any atom is -0.344 e. The van der Waals surface area contributed by atoms with Gasteiger partial charge < -0.3 is 5.32 Å². The van der Waals surface area contributed by atoms with E-state index in [1.54, 1.807) is 36.5 Å². The van der Waals surface area contributed by atoms with Gasteiger partial charge in [-0.2, -0.15) is 18.3 Å². The number of nitrogens with one attached hydrogen (secondary N) is 2. The van der Waals surface area contributed by atoms with E-state index in [1.807, 2.05) is 0 Å². The lowest BCUT2D eigenvalue weighted by Gasteiger charge is -2.12. The van der Waals surface area contributed by atoms with Crippen LogP contribution in [0.3, 0.4) is 0 Å². The van der Waals surface area contributed by atoms with Crippen LogP contribution in [0.25, 0.3) is 0 Å². The maximum absolute atomic E-state index is 12.4. The molecule has 2 heterocycles. The first-order chi connectivity index (χ1) is 9.38. The highest BCUT2D eigenvalue weighted by atomic mass is 19.4. The summed E-state index contributed by atoms with van der Waals surface area (Å²) in [6.45, 7) is 1.71. The Morgan fingerprint density at radius 3 is 2.55 bits per heavy atom. The average molecular weight is 284 g/mol. The topological polar surface area (TPSA) is 70.7 Å². The second-order valence-electron chi connectivity index (χ2n) is 4.14. The number of alkyl halides is 3. The van der Waals surface area contributed by atoms with Crippen LogP contribution in [0, 0.1) is 0 Å². The Morgan fingerprint density at radius 1 is 1.35 bits per heavy atom. The molecule has 0 fully saturated rings. The van der Waals surface area contributed by atoms with Gasteiger partial charge in [-0.05, 0) is 24.6 Å². The monoisotopic (exact) mass is 284 g/mol. The van der Waals surface area contributed by atoms with Gasteiger partial charge in [0.25, 0.3) is 5.91 Å². The summed E-state index contributed by atoms with van der Waals surface area (Å²) in [7, 11) is 0. The van der Waals surface area contributed by atoms with Gasteiger partial charge in [-0.15, -0.1) is 0 Å². The average Bonchev–Trinajstić information content (AvgIpc) is 2.89. The first kappa shape index (κ1) is 14.0. The van der Waals surface area contributed by atoms with E-state index in [0.29, 0.717) is 6.07 Å². The third-order valence-corrected chi connectivity index (χ3v) is 2.67. The molecule has 1 atom stereocenters. The molecule has 0 saturated heterocycles. The van der Waals surface area contributed by atoms with Crippen molar-refractivity contribution in [1.29, 1.82) is 0 Å². The van der Waals surface area contributed by atoms with Gasteiger partial charge in [0.15, 0.2) is 5.69 Å². The lowest BCUT2D eigenvalue weighted by atomic mass is 10.1. The van der Waals surface area contributed by atoms with Crippen LogP contribution in [0.5, 0.6) is 0 Å². The molecule has 0 aliphatic rings. The Morgan fingerprint density at radius 2 is 2.00 bits per heavy atom. The van der Waals surface area contributed by atoms with Crippen LogP contribution in [0.1, 0.15) is 34.7 Å². The number of H-pyrrole nitrogens is 1. The van der Waals surface area contributed by atoms with E-state index in [1.165, 1.54) is 0 Å². The molecule has 106 valence electrons. The Balaban J connectivity index is 2.07. The van der Waals surface area contributed by atoms with Gasteiger partial charge in [-0.25, -0.2) is 0 Å². The molecule has 0 bridgehead atoms. The van der Waals surface area contributed by atoms with Crippen LogP contribution in [0.2, 0.25) is 0 Å². The molecule has 0 radical (unpaired) electrons. The van der Waals surface area contributed by atoms with Crippen LogP contribution < -0.4 is 5.32 Å². The summed E-state index contributed by atoms with van der Waals surface area (Å²) in [4.78, 5) is 15.6. The number of carbonyl (C=O) groups excluding carboxylic acids is 1. The van der Waals surface area contributed by atoms with Crippen molar-refractivity contribution in [3.63, 3.8) is 0 Å². The number of pyridine rings is 1. The molecule has 2 aromatic rings. The summed E-state index contributed by atoms with van der Waals surface area (Å²) < 4.78 is 37.1. The second-order valence-corrected chi connectivity index (χ2v) is 4.14. The minimum atomic E-state index is -4.55. The van der Waals surface area contributed by atoms with Gasteiger partial charge in [0.1, 0.15) is 5.69 Å². The molecule has 20 heavy (non-hydrogen) atoms. The summed E-state index contributed by atoms with van der Waals surface area (Å²) in [6.07, 6.45) is -1.43. The number of amides is 1. The molecule has 0 spiro atoms. The number of nitrogens with zero attached hydrogens (tertiary/aromatic N) is 2. The summed E-state index contributed by atoms with van der Waals surface area (Å²) >= 11 is 0. The molecule has 5 nitrogen and oxygen atoms in total. The third kappa shape index (κ3) is 3.14. The van der Waals surface area contributed by atoms with Crippen molar-refractivity contribution in [3.05, 3.63) is 47.5 Å². The number of hydrogen-bond acceptors (Lipinski definition) is 3. The smallest absolute Gasteiger partial charge is 0.344 e. The Kier molecular flexibility index (Phi) is 3.73. The zero-order chi connectivity index (χ0) is 14.8. The lowest BCUT2D eigenvalue weighted by molar-refractivity contribution is -0.141. The van der Waals surface area contributed by atoms with Gasteiger partial charge >= 0.3 is 6.18 Å². The van der Waals surface area contributed by atoms with Gasteiger partial charge in [0, 0.05) is 18.5 Å². The molecule has 0 aliphatic heterocycles. The highest BCUT2D eigenvalue weighted by Crippen LogP contribution is 2.27. The largest absolute Gasteiger partial charge is 0.432 e. The Bertz CT molecular complexity index is 594. The van der Waals surface area contributed by atoms with E-state index in [4.69, 9.17) is 0 Å². The standard InChI is InChI=1S/C12H11F3N4O/c1-7(8-2-4-16-5-3-8)17-11(20)9-6-10(19-18-9)12(13,14)15/h2-7H,1H3,(H,17,20)(H,18,19)/t7-/m1/s1. The molecule has 0 aliphatic carbocycles. The van der Waals surface area contributed by atoms with E-state index < -0.39 is 17.8 Å². The SMILES string of the molecule is C[C@@H](NC(=O)c1cc(C(F)(F)F)[nH]n1)c1ccncc1. The van der Waals surface area contributed by atoms with Crippen LogP contribution >= 0.6 is 0 Å². The number of halogens is 3. The van der Waals surface area contributed by atoms with E-state index in [-0.39, 0.29) is 11.7 Å². The van der Waals surface area contributed by atoms with Crippen molar-refractivity contribution in [1.82, 2.24) is 20.5 Å². The van der Waals surface area contributed by atoms with Crippen molar-refractivity contribution in [2.45, 2.75) is 19.1 Å². The molecule has 0 saturated carbocycles. The fourth-order valence-corrected chi connectivity index (χ4v) is 1.59. The second kappa shape index (κ2) is 5.32. The van der Waals surface area contributed by atoms with Crippen molar-refractivity contribution < 1.29 is 18.0 Å². The molecular weight excluding hydrogens is 273 g/mol. The lowest BCUT2D eigenvalue weighted by Crippen LogP contribution is -2.26. The van der Waals surface area contributed by atoms with E-state index >= 15 is 0 Å². The Hall–Kier alpha value is -2.38. The van der Waals surface area contributed by atoms with Crippen LogP contribution in [-0.2, 0) is 6.18 Å². The zero-order valence-corrected chi connectivity index (χ0v) is 10.4. The molecule has 2 N–H and O–H groups in total. The van der Waals surface area contributed by atoms with Gasteiger partial charge in [-0.3, -0.25) is 14.9 Å². The number of hydrogen-bond donors (Lipinski definition) is 2. The summed E-state index contributed by atoms with van der Waals surface area (Å²) in [6, 6.07) is 3.72. The Labute approximate surface area is 112 Å². The fourth-order valence-electron chi connectivity index (χ4n) is 1.59. The number of aromatic amines is 1. The predicted octanol–water partition coefficient (Wildman–Crippen LogP) is 2.31. The maximum Gasteiger partial charge on any atom is 0.432 e. The molecule has 8 heteroatoms. The first-order valence-electron chi connectivity index (χ1n) is 5.71. The van der Waals surface area contributed by atoms with Crippen molar-refractivity contribution in [3.8, 4) is 0 Å². The first-order valence-corrected chi connectivity index (χ1v) is 5.71. The number of rotatable bonds is 3. The molecule has 0 aromatic carbocycles. The van der Waals surface area contributed by atoms with E-state index in [2.05, 4.69) is 15.4 Å². The van der Waals surface area contributed by atoms with E-state index in [0.717, 1.165) is 5.56 Å². The van der Waals surface area contributed by atoms with Crippen LogP contribution in [-0.4, -0.2) is 21.1 Å². The predicted molar refractivity (Wildman–Crippen MR) is 63.7 cm³/mol. The van der Waals surface area contributed by atoms with Crippen molar-refractivity contribution >= 4 is 5.91 Å². The number of carbonyl (C=O) groups is 1. The van der Waals surface area contributed by atoms with Gasteiger partial charge in [0.2, 0.25) is 0 Å². The molecule has 0 unspecified atom stereocenters.